The third-order valence-corrected chi connectivity index (χ3v) is 3.01. The lowest BCUT2D eigenvalue weighted by Gasteiger charge is -2.04. The monoisotopic (exact) mass is 250 g/mol. The highest BCUT2D eigenvalue weighted by molar-refractivity contribution is 9.10. The van der Waals surface area contributed by atoms with Gasteiger partial charge in [0.15, 0.2) is 0 Å². The van der Waals surface area contributed by atoms with Gasteiger partial charge < -0.3 is 4.57 Å². The molecule has 0 aliphatic carbocycles. The van der Waals surface area contributed by atoms with Gasteiger partial charge in [-0.25, -0.2) is 4.98 Å². The quantitative estimate of drug-likeness (QED) is 0.802. The minimum absolute atomic E-state index is 0.880. The highest BCUT2D eigenvalue weighted by atomic mass is 79.9. The normalized spacial score (nSPS) is 10.4. The summed E-state index contributed by atoms with van der Waals surface area (Å²) in [5.74, 6) is 0. The van der Waals surface area contributed by atoms with Gasteiger partial charge in [-0.05, 0) is 28.4 Å². The smallest absolute Gasteiger partial charge is 0.127 e. The number of hydrogen-bond donors (Lipinski definition) is 0. The van der Waals surface area contributed by atoms with E-state index in [1.807, 2.05) is 12.4 Å². The van der Waals surface area contributed by atoms with Gasteiger partial charge in [0.1, 0.15) is 4.60 Å². The molecule has 0 aliphatic rings. The summed E-state index contributed by atoms with van der Waals surface area (Å²) in [4.78, 5) is 4.19. The highest BCUT2D eigenvalue weighted by Crippen LogP contribution is 2.14. The largest absolute Gasteiger partial charge is 0.329 e. The lowest BCUT2D eigenvalue weighted by atomic mass is 10.2. The maximum atomic E-state index is 4.19. The summed E-state index contributed by atoms with van der Waals surface area (Å²) in [6.07, 6.45) is 1.85. The van der Waals surface area contributed by atoms with E-state index in [0.29, 0.717) is 0 Å². The van der Waals surface area contributed by atoms with E-state index in [-0.39, 0.29) is 0 Å². The van der Waals surface area contributed by atoms with Crippen molar-refractivity contribution in [1.82, 2.24) is 9.55 Å². The first-order chi connectivity index (χ1) is 6.77. The summed E-state index contributed by atoms with van der Waals surface area (Å²) in [7, 11) is 0. The molecule has 0 fully saturated rings. The summed E-state index contributed by atoms with van der Waals surface area (Å²) in [5, 5.41) is 0. The zero-order valence-electron chi connectivity index (χ0n) is 7.94. The summed E-state index contributed by atoms with van der Waals surface area (Å²) in [6.45, 7) is 2.94. The lowest BCUT2D eigenvalue weighted by molar-refractivity contribution is 0.769. The first-order valence-electron chi connectivity index (χ1n) is 4.48. The van der Waals surface area contributed by atoms with Crippen LogP contribution in [0.1, 0.15) is 11.3 Å². The molecular weight excluding hydrogens is 240 g/mol. The van der Waals surface area contributed by atoms with Crippen LogP contribution >= 0.6 is 15.9 Å². The fourth-order valence-electron chi connectivity index (χ4n) is 1.36. The topological polar surface area (TPSA) is 17.8 Å². The maximum absolute atomic E-state index is 4.19. The molecular formula is C11H11BrN2. The number of rotatable bonds is 2. The Morgan fingerprint density at radius 1 is 1.29 bits per heavy atom. The predicted molar refractivity (Wildman–Crippen MR) is 60.2 cm³/mol. The maximum Gasteiger partial charge on any atom is 0.127 e. The predicted octanol–water partition coefficient (Wildman–Crippen LogP) is 3.00. The van der Waals surface area contributed by atoms with E-state index in [4.69, 9.17) is 0 Å². The Hall–Kier alpha value is -1.09. The zero-order chi connectivity index (χ0) is 9.97. The van der Waals surface area contributed by atoms with E-state index in [9.17, 15) is 0 Å². The molecule has 1 heterocycles. The van der Waals surface area contributed by atoms with Crippen molar-refractivity contribution < 1.29 is 0 Å². The Morgan fingerprint density at radius 2 is 2.00 bits per heavy atom. The number of imidazole rings is 1. The third-order valence-electron chi connectivity index (χ3n) is 2.24. The molecule has 2 aromatic rings. The molecule has 0 bridgehead atoms. The Kier molecular flexibility index (Phi) is 2.68. The van der Waals surface area contributed by atoms with Gasteiger partial charge in [-0.2, -0.15) is 0 Å². The molecule has 0 spiro atoms. The standard InChI is InChI=1S/C11H11BrN2/c1-9-11(12)13-8-14(9)7-10-5-3-2-4-6-10/h2-6,8H,7H2,1H3. The second kappa shape index (κ2) is 3.96. The van der Waals surface area contributed by atoms with Crippen molar-refractivity contribution in [2.75, 3.05) is 0 Å². The molecule has 1 aromatic carbocycles. The number of aromatic nitrogens is 2. The molecule has 0 amide bonds. The molecule has 0 unspecified atom stereocenters. The molecule has 1 aromatic heterocycles. The van der Waals surface area contributed by atoms with Gasteiger partial charge in [0.05, 0.1) is 6.33 Å². The number of nitrogens with zero attached hydrogens (tertiary/aromatic N) is 2. The molecule has 72 valence electrons. The van der Waals surface area contributed by atoms with Crippen LogP contribution in [0.15, 0.2) is 41.3 Å². The number of halogens is 1. The van der Waals surface area contributed by atoms with Crippen LogP contribution in [0.3, 0.4) is 0 Å². The molecule has 0 saturated carbocycles. The van der Waals surface area contributed by atoms with Crippen LogP contribution in [0, 0.1) is 6.92 Å². The van der Waals surface area contributed by atoms with Gasteiger partial charge in [0, 0.05) is 12.2 Å². The third kappa shape index (κ3) is 1.87. The Morgan fingerprint density at radius 3 is 2.57 bits per heavy atom. The summed E-state index contributed by atoms with van der Waals surface area (Å²) in [6, 6.07) is 10.4. The van der Waals surface area contributed by atoms with Gasteiger partial charge in [0.2, 0.25) is 0 Å². The first kappa shape index (κ1) is 9.46. The van der Waals surface area contributed by atoms with Crippen LogP contribution < -0.4 is 0 Å². The second-order valence-corrected chi connectivity index (χ2v) is 3.99. The number of hydrogen-bond acceptors (Lipinski definition) is 1. The van der Waals surface area contributed by atoms with Gasteiger partial charge in [-0.15, -0.1) is 0 Å². The van der Waals surface area contributed by atoms with Crippen LogP contribution in [0.5, 0.6) is 0 Å². The second-order valence-electron chi connectivity index (χ2n) is 3.23. The van der Waals surface area contributed by atoms with Gasteiger partial charge in [-0.3, -0.25) is 0 Å². The Labute approximate surface area is 91.7 Å². The molecule has 0 atom stereocenters. The van der Waals surface area contributed by atoms with Crippen LogP contribution in [0.2, 0.25) is 0 Å². The van der Waals surface area contributed by atoms with Gasteiger partial charge in [0.25, 0.3) is 0 Å². The number of benzene rings is 1. The van der Waals surface area contributed by atoms with Crippen molar-refractivity contribution >= 4 is 15.9 Å². The summed E-state index contributed by atoms with van der Waals surface area (Å²) < 4.78 is 3.05. The molecule has 0 N–H and O–H groups in total. The Bertz CT molecular complexity index is 420. The fourth-order valence-corrected chi connectivity index (χ4v) is 1.68. The minimum Gasteiger partial charge on any atom is -0.329 e. The van der Waals surface area contributed by atoms with Crippen molar-refractivity contribution in [1.29, 1.82) is 0 Å². The van der Waals surface area contributed by atoms with Crippen LogP contribution in [0.25, 0.3) is 0 Å². The average Bonchev–Trinajstić information content (AvgIpc) is 2.52. The van der Waals surface area contributed by atoms with Gasteiger partial charge in [-0.1, -0.05) is 30.3 Å². The fraction of sp³-hybridized carbons (Fsp3) is 0.182. The summed E-state index contributed by atoms with van der Waals surface area (Å²) in [5.41, 5.74) is 2.45. The molecule has 2 rings (SSSR count). The molecule has 14 heavy (non-hydrogen) atoms. The molecule has 0 aliphatic heterocycles. The first-order valence-corrected chi connectivity index (χ1v) is 5.28. The van der Waals surface area contributed by atoms with Crippen molar-refractivity contribution in [2.24, 2.45) is 0 Å². The van der Waals surface area contributed by atoms with Crippen molar-refractivity contribution in [3.8, 4) is 0 Å². The SMILES string of the molecule is Cc1c(Br)ncn1Cc1ccccc1. The van der Waals surface area contributed by atoms with E-state index < -0.39 is 0 Å². The zero-order valence-corrected chi connectivity index (χ0v) is 9.53. The van der Waals surface area contributed by atoms with E-state index in [0.717, 1.165) is 16.8 Å². The van der Waals surface area contributed by atoms with Crippen LogP contribution in [0.4, 0.5) is 0 Å². The van der Waals surface area contributed by atoms with E-state index in [1.165, 1.54) is 5.56 Å². The summed E-state index contributed by atoms with van der Waals surface area (Å²) >= 11 is 3.40. The van der Waals surface area contributed by atoms with E-state index in [2.05, 4.69) is 56.7 Å². The minimum atomic E-state index is 0.880. The Balaban J connectivity index is 2.23. The van der Waals surface area contributed by atoms with Crippen molar-refractivity contribution in [3.05, 3.63) is 52.5 Å². The van der Waals surface area contributed by atoms with E-state index >= 15 is 0 Å². The molecule has 0 radical (unpaired) electrons. The lowest BCUT2D eigenvalue weighted by Crippen LogP contribution is -1.99. The van der Waals surface area contributed by atoms with Gasteiger partial charge >= 0.3 is 0 Å². The molecule has 3 heteroatoms. The highest BCUT2D eigenvalue weighted by Gasteiger charge is 2.02. The van der Waals surface area contributed by atoms with Crippen molar-refractivity contribution in [3.63, 3.8) is 0 Å². The molecule has 0 saturated heterocycles. The molecule has 2 nitrogen and oxygen atoms in total. The van der Waals surface area contributed by atoms with Crippen LogP contribution in [-0.2, 0) is 6.54 Å². The van der Waals surface area contributed by atoms with Crippen LogP contribution in [-0.4, -0.2) is 9.55 Å². The van der Waals surface area contributed by atoms with E-state index in [1.54, 1.807) is 0 Å². The van der Waals surface area contributed by atoms with Crippen molar-refractivity contribution in [2.45, 2.75) is 13.5 Å². The average molecular weight is 251 g/mol.